The molecule has 1 aliphatic heterocycles. The number of nitrogens with one attached hydrogen (secondary N) is 2. The molecule has 0 saturated carbocycles. The summed E-state index contributed by atoms with van der Waals surface area (Å²) in [5, 5.41) is 6.81. The summed E-state index contributed by atoms with van der Waals surface area (Å²) in [6.45, 7) is 9.31. The number of ether oxygens (including phenoxy) is 1. The molecule has 0 bridgehead atoms. The number of likely N-dealkylation sites (tertiary alicyclic amines) is 1. The fourth-order valence-corrected chi connectivity index (χ4v) is 3.73. The van der Waals surface area contributed by atoms with Crippen LogP contribution in [0.1, 0.15) is 30.9 Å². The van der Waals surface area contributed by atoms with E-state index >= 15 is 0 Å². The van der Waals surface area contributed by atoms with Gasteiger partial charge in [-0.05, 0) is 37.8 Å². The Kier molecular flexibility index (Phi) is 9.90. The van der Waals surface area contributed by atoms with Crippen LogP contribution >= 0.6 is 0 Å². The first kappa shape index (κ1) is 23.6. The van der Waals surface area contributed by atoms with E-state index in [9.17, 15) is 8.42 Å². The first-order chi connectivity index (χ1) is 13.9. The highest BCUT2D eigenvalue weighted by Gasteiger charge is 2.20. The van der Waals surface area contributed by atoms with Crippen molar-refractivity contribution in [2.45, 2.75) is 39.3 Å². The van der Waals surface area contributed by atoms with Crippen LogP contribution in [-0.2, 0) is 21.1 Å². The van der Waals surface area contributed by atoms with E-state index in [1.165, 1.54) is 17.4 Å². The number of rotatable bonds is 10. The van der Waals surface area contributed by atoms with E-state index in [1.807, 2.05) is 6.92 Å². The Morgan fingerprint density at radius 2 is 1.97 bits per heavy atom. The lowest BCUT2D eigenvalue weighted by Crippen LogP contribution is -2.48. The molecule has 0 aliphatic carbocycles. The van der Waals surface area contributed by atoms with Crippen LogP contribution in [-0.4, -0.2) is 76.7 Å². The average Bonchev–Trinajstić information content (AvgIpc) is 2.67. The van der Waals surface area contributed by atoms with Crippen molar-refractivity contribution in [3.8, 4) is 0 Å². The van der Waals surface area contributed by atoms with Crippen LogP contribution < -0.4 is 10.6 Å². The van der Waals surface area contributed by atoms with Crippen LogP contribution in [0.4, 0.5) is 0 Å². The molecule has 0 radical (unpaired) electrons. The number of guanidine groups is 1. The average molecular weight is 425 g/mol. The van der Waals surface area contributed by atoms with Gasteiger partial charge in [-0.15, -0.1) is 0 Å². The van der Waals surface area contributed by atoms with Crippen LogP contribution in [0.15, 0.2) is 29.3 Å². The highest BCUT2D eigenvalue weighted by molar-refractivity contribution is 7.90. The van der Waals surface area contributed by atoms with Crippen LogP contribution in [0, 0.1) is 6.92 Å². The van der Waals surface area contributed by atoms with Gasteiger partial charge in [-0.1, -0.05) is 24.3 Å². The van der Waals surface area contributed by atoms with Gasteiger partial charge in [0.05, 0.1) is 25.5 Å². The third-order valence-electron chi connectivity index (χ3n) is 5.03. The van der Waals surface area contributed by atoms with E-state index in [0.717, 1.165) is 45.0 Å². The molecular formula is C21H36N4O3S. The third-order valence-corrected chi connectivity index (χ3v) is 5.94. The summed E-state index contributed by atoms with van der Waals surface area (Å²) < 4.78 is 27.5. The summed E-state index contributed by atoms with van der Waals surface area (Å²) in [4.78, 5) is 7.06. The van der Waals surface area contributed by atoms with Crippen molar-refractivity contribution in [3.63, 3.8) is 0 Å². The van der Waals surface area contributed by atoms with Crippen molar-refractivity contribution in [2.24, 2.45) is 4.99 Å². The zero-order chi connectivity index (χ0) is 21.1. The van der Waals surface area contributed by atoms with Crippen molar-refractivity contribution in [1.82, 2.24) is 15.5 Å². The summed E-state index contributed by atoms with van der Waals surface area (Å²) >= 11 is 0. The van der Waals surface area contributed by atoms with E-state index in [0.29, 0.717) is 19.2 Å². The lowest BCUT2D eigenvalue weighted by atomic mass is 10.0. The lowest BCUT2D eigenvalue weighted by Gasteiger charge is -2.33. The largest absolute Gasteiger partial charge is 0.378 e. The predicted octanol–water partition coefficient (Wildman–Crippen LogP) is 1.58. The first-order valence-corrected chi connectivity index (χ1v) is 12.5. The summed E-state index contributed by atoms with van der Waals surface area (Å²) in [5.41, 5.74) is 2.76. The number of piperidine rings is 1. The number of hydrogen-bond donors (Lipinski definition) is 2. The van der Waals surface area contributed by atoms with Gasteiger partial charge in [0, 0.05) is 38.5 Å². The first-order valence-electron chi connectivity index (χ1n) is 10.4. The van der Waals surface area contributed by atoms with Gasteiger partial charge in [-0.2, -0.15) is 0 Å². The molecule has 0 atom stereocenters. The second kappa shape index (κ2) is 12.1. The summed E-state index contributed by atoms with van der Waals surface area (Å²) in [6, 6.07) is 9.00. The molecule has 29 heavy (non-hydrogen) atoms. The van der Waals surface area contributed by atoms with Gasteiger partial charge in [0.25, 0.3) is 0 Å². The molecule has 2 rings (SSSR count). The molecule has 1 aromatic rings. The molecule has 8 heteroatoms. The normalized spacial score (nSPS) is 16.7. The number of aliphatic imine (C=N–C) groups is 1. The van der Waals surface area contributed by atoms with Crippen LogP contribution in [0.25, 0.3) is 0 Å². The number of aryl methyl sites for hydroxylation is 1. The van der Waals surface area contributed by atoms with Gasteiger partial charge in [-0.25, -0.2) is 8.42 Å². The third kappa shape index (κ3) is 9.60. The Labute approximate surface area is 175 Å². The van der Waals surface area contributed by atoms with E-state index in [4.69, 9.17) is 4.74 Å². The standard InChI is InChI=1S/C21H36N4O3S/c1-4-22-21(23-11-14-28-15-16-29(3,26)27)24-20-9-12-25(13-10-20)17-19-8-6-5-7-18(19)2/h5-8,20H,4,9-17H2,1-3H3,(H2,22,23,24). The Balaban J connectivity index is 1.71. The number of nitrogens with zero attached hydrogens (tertiary/aromatic N) is 2. The minimum Gasteiger partial charge on any atom is -0.378 e. The number of sulfone groups is 1. The van der Waals surface area contributed by atoms with E-state index in [2.05, 4.69) is 51.7 Å². The molecule has 1 saturated heterocycles. The maximum atomic E-state index is 11.1. The van der Waals surface area contributed by atoms with Gasteiger partial charge in [-0.3, -0.25) is 9.89 Å². The number of hydrogen-bond acceptors (Lipinski definition) is 5. The van der Waals surface area contributed by atoms with Crippen LogP contribution in [0.5, 0.6) is 0 Å². The molecule has 1 aromatic carbocycles. The van der Waals surface area contributed by atoms with Gasteiger partial charge in [0.1, 0.15) is 9.84 Å². The molecule has 1 heterocycles. The van der Waals surface area contributed by atoms with Crippen molar-refractivity contribution < 1.29 is 13.2 Å². The van der Waals surface area contributed by atoms with Crippen LogP contribution in [0.2, 0.25) is 0 Å². The van der Waals surface area contributed by atoms with Crippen molar-refractivity contribution >= 4 is 15.8 Å². The molecule has 0 amide bonds. The molecule has 1 fully saturated rings. The van der Waals surface area contributed by atoms with Crippen molar-refractivity contribution in [3.05, 3.63) is 35.4 Å². The zero-order valence-electron chi connectivity index (χ0n) is 18.0. The SMILES string of the molecule is CCNC(=NCCOCCS(C)(=O)=O)NC1CCN(Cc2ccccc2C)CC1. The van der Waals surface area contributed by atoms with Crippen molar-refractivity contribution in [1.29, 1.82) is 0 Å². The monoisotopic (exact) mass is 424 g/mol. The predicted molar refractivity (Wildman–Crippen MR) is 119 cm³/mol. The smallest absolute Gasteiger partial charge is 0.191 e. The lowest BCUT2D eigenvalue weighted by molar-refractivity contribution is 0.157. The van der Waals surface area contributed by atoms with Gasteiger partial charge in [0.15, 0.2) is 5.96 Å². The molecule has 7 nitrogen and oxygen atoms in total. The molecule has 164 valence electrons. The Bertz CT molecular complexity index is 744. The molecule has 1 aliphatic rings. The highest BCUT2D eigenvalue weighted by Crippen LogP contribution is 2.16. The molecule has 0 spiro atoms. The fraction of sp³-hybridized carbons (Fsp3) is 0.667. The van der Waals surface area contributed by atoms with E-state index < -0.39 is 9.84 Å². The Morgan fingerprint density at radius 1 is 1.24 bits per heavy atom. The molecule has 0 aromatic heterocycles. The summed E-state index contributed by atoms with van der Waals surface area (Å²) in [5.74, 6) is 0.854. The second-order valence-corrected chi connectivity index (χ2v) is 9.88. The zero-order valence-corrected chi connectivity index (χ0v) is 18.8. The van der Waals surface area contributed by atoms with Crippen LogP contribution in [0.3, 0.4) is 0 Å². The Morgan fingerprint density at radius 3 is 2.62 bits per heavy atom. The van der Waals surface area contributed by atoms with E-state index in [1.54, 1.807) is 0 Å². The summed E-state index contributed by atoms with van der Waals surface area (Å²) in [6.07, 6.45) is 3.39. The summed E-state index contributed by atoms with van der Waals surface area (Å²) in [7, 11) is -2.97. The topological polar surface area (TPSA) is 83.0 Å². The minimum absolute atomic E-state index is 0.0517. The van der Waals surface area contributed by atoms with Gasteiger partial charge < -0.3 is 15.4 Å². The second-order valence-electron chi connectivity index (χ2n) is 7.62. The van der Waals surface area contributed by atoms with Gasteiger partial charge >= 0.3 is 0 Å². The molecule has 2 N–H and O–H groups in total. The highest BCUT2D eigenvalue weighted by atomic mass is 32.2. The minimum atomic E-state index is -2.97. The number of benzene rings is 1. The Hall–Kier alpha value is -1.64. The molecule has 0 unspecified atom stereocenters. The van der Waals surface area contributed by atoms with Gasteiger partial charge in [0.2, 0.25) is 0 Å². The maximum absolute atomic E-state index is 11.1. The van der Waals surface area contributed by atoms with E-state index in [-0.39, 0.29) is 12.4 Å². The molecular weight excluding hydrogens is 388 g/mol. The fourth-order valence-electron chi connectivity index (χ4n) is 3.31. The van der Waals surface area contributed by atoms with Crippen molar-refractivity contribution in [2.75, 3.05) is 51.4 Å². The maximum Gasteiger partial charge on any atom is 0.191 e. The quantitative estimate of drug-likeness (QED) is 0.337.